The van der Waals surface area contributed by atoms with Gasteiger partial charge < -0.3 is 0 Å². The average molecular weight is 245 g/mol. The van der Waals surface area contributed by atoms with E-state index in [1.165, 1.54) is 10.8 Å². The molecule has 3 aromatic rings. The molecule has 0 aliphatic heterocycles. The third kappa shape index (κ3) is 1.57. The van der Waals surface area contributed by atoms with Gasteiger partial charge in [0, 0.05) is 11.1 Å². The number of rotatable bonds is 1. The highest BCUT2D eigenvalue weighted by molar-refractivity contribution is 6.30. The van der Waals surface area contributed by atoms with E-state index in [4.69, 9.17) is 11.6 Å². The van der Waals surface area contributed by atoms with E-state index in [1.807, 2.05) is 37.3 Å². The van der Waals surface area contributed by atoms with Gasteiger partial charge in [-0.15, -0.1) is 0 Å². The third-order valence-electron chi connectivity index (χ3n) is 2.64. The summed E-state index contributed by atoms with van der Waals surface area (Å²) in [6.07, 6.45) is 1.45. The highest BCUT2D eigenvalue weighted by Gasteiger charge is 2.12. The minimum absolute atomic E-state index is 0.513. The monoisotopic (exact) mass is 244 g/mol. The molecule has 0 atom stereocenters. The molecule has 1 aromatic carbocycles. The number of fused-ring (bicyclic) bond motifs is 1. The normalized spacial score (nSPS) is 10.9. The summed E-state index contributed by atoms with van der Waals surface area (Å²) in [5, 5.41) is 4.57. The first-order valence-corrected chi connectivity index (χ1v) is 5.56. The highest BCUT2D eigenvalue weighted by atomic mass is 35.5. The largest absolute Gasteiger partial charge is 0.254 e. The van der Waals surface area contributed by atoms with Gasteiger partial charge in [0.1, 0.15) is 11.5 Å². The minimum atomic E-state index is 0.513. The van der Waals surface area contributed by atoms with Crippen molar-refractivity contribution in [3.63, 3.8) is 0 Å². The molecule has 0 spiro atoms. The zero-order chi connectivity index (χ0) is 11.8. The van der Waals surface area contributed by atoms with Crippen LogP contribution in [-0.4, -0.2) is 19.6 Å². The molecule has 84 valence electrons. The van der Waals surface area contributed by atoms with Crippen LogP contribution >= 0.6 is 11.6 Å². The number of aromatic nitrogens is 4. The van der Waals surface area contributed by atoms with Crippen LogP contribution in [-0.2, 0) is 0 Å². The molecule has 3 rings (SSSR count). The molecule has 0 N–H and O–H groups in total. The second kappa shape index (κ2) is 3.82. The van der Waals surface area contributed by atoms with Crippen LogP contribution in [0.1, 0.15) is 5.56 Å². The lowest BCUT2D eigenvalue weighted by Crippen LogP contribution is -1.99. The summed E-state index contributed by atoms with van der Waals surface area (Å²) in [6, 6.07) is 9.91. The summed E-state index contributed by atoms with van der Waals surface area (Å²) in [6.45, 7) is 1.93. The Hall–Kier alpha value is -1.94. The summed E-state index contributed by atoms with van der Waals surface area (Å²) in [4.78, 5) is 8.53. The quantitative estimate of drug-likeness (QED) is 0.618. The van der Waals surface area contributed by atoms with Crippen molar-refractivity contribution in [2.45, 2.75) is 6.92 Å². The first kappa shape index (κ1) is 10.2. The van der Waals surface area contributed by atoms with Gasteiger partial charge in [-0.25, -0.2) is 4.98 Å². The SMILES string of the molecule is Cc1c(-c2ccccc2)nc2ncnn2c1Cl. The van der Waals surface area contributed by atoms with Gasteiger partial charge >= 0.3 is 0 Å². The molecular weight excluding hydrogens is 236 g/mol. The lowest BCUT2D eigenvalue weighted by molar-refractivity contribution is 0.930. The van der Waals surface area contributed by atoms with Gasteiger partial charge in [0.2, 0.25) is 0 Å². The van der Waals surface area contributed by atoms with E-state index in [0.717, 1.165) is 16.8 Å². The Morgan fingerprint density at radius 2 is 1.94 bits per heavy atom. The van der Waals surface area contributed by atoms with Crippen molar-refractivity contribution < 1.29 is 0 Å². The molecule has 0 bridgehead atoms. The predicted molar refractivity (Wildman–Crippen MR) is 66.0 cm³/mol. The molecule has 4 nitrogen and oxygen atoms in total. The molecule has 0 aliphatic rings. The fourth-order valence-electron chi connectivity index (χ4n) is 1.77. The topological polar surface area (TPSA) is 43.1 Å². The lowest BCUT2D eigenvalue weighted by Gasteiger charge is -2.07. The van der Waals surface area contributed by atoms with Crippen LogP contribution in [0.3, 0.4) is 0 Å². The Kier molecular flexibility index (Phi) is 2.30. The molecule has 0 unspecified atom stereocenters. The van der Waals surface area contributed by atoms with Crippen LogP contribution in [0.15, 0.2) is 36.7 Å². The summed E-state index contributed by atoms with van der Waals surface area (Å²) >= 11 is 6.24. The maximum absolute atomic E-state index is 6.24. The molecule has 0 radical (unpaired) electrons. The molecule has 0 amide bonds. The smallest absolute Gasteiger partial charge is 0.211 e. The molecule has 2 aromatic heterocycles. The Morgan fingerprint density at radius 3 is 2.71 bits per heavy atom. The van der Waals surface area contributed by atoms with Gasteiger partial charge in [0.15, 0.2) is 0 Å². The Balaban J connectivity index is 2.34. The van der Waals surface area contributed by atoms with E-state index in [1.54, 1.807) is 0 Å². The van der Waals surface area contributed by atoms with Crippen LogP contribution in [0.4, 0.5) is 0 Å². The van der Waals surface area contributed by atoms with Gasteiger partial charge in [0.25, 0.3) is 5.78 Å². The van der Waals surface area contributed by atoms with Gasteiger partial charge in [-0.1, -0.05) is 41.9 Å². The van der Waals surface area contributed by atoms with Gasteiger partial charge in [-0.05, 0) is 6.92 Å². The molecule has 0 fully saturated rings. The fourth-order valence-corrected chi connectivity index (χ4v) is 1.98. The number of benzene rings is 1. The molecular formula is C12H9ClN4. The molecule has 2 heterocycles. The number of nitrogens with zero attached hydrogens (tertiary/aromatic N) is 4. The zero-order valence-corrected chi connectivity index (χ0v) is 9.89. The standard InChI is InChI=1S/C12H9ClN4/c1-8-10(9-5-3-2-4-6-9)16-12-14-7-15-17(12)11(8)13/h2-7H,1H3. The number of hydrogen-bond acceptors (Lipinski definition) is 3. The van der Waals surface area contributed by atoms with E-state index < -0.39 is 0 Å². The first-order valence-electron chi connectivity index (χ1n) is 5.18. The van der Waals surface area contributed by atoms with Crippen LogP contribution in [0.2, 0.25) is 5.15 Å². The number of hydrogen-bond donors (Lipinski definition) is 0. The third-order valence-corrected chi connectivity index (χ3v) is 3.08. The summed E-state index contributed by atoms with van der Waals surface area (Å²) in [5.41, 5.74) is 2.77. The number of halogens is 1. The van der Waals surface area contributed by atoms with E-state index in [-0.39, 0.29) is 0 Å². The Labute approximate surface area is 103 Å². The lowest BCUT2D eigenvalue weighted by atomic mass is 10.1. The molecule has 17 heavy (non-hydrogen) atoms. The highest BCUT2D eigenvalue weighted by Crippen LogP contribution is 2.26. The molecule has 0 aliphatic carbocycles. The molecule has 5 heteroatoms. The van der Waals surface area contributed by atoms with Crippen molar-refractivity contribution in [1.29, 1.82) is 0 Å². The van der Waals surface area contributed by atoms with E-state index in [9.17, 15) is 0 Å². The maximum Gasteiger partial charge on any atom is 0.254 e. The van der Waals surface area contributed by atoms with Gasteiger partial charge in [0.05, 0.1) is 5.69 Å². The molecule has 0 saturated heterocycles. The average Bonchev–Trinajstić information content (AvgIpc) is 2.83. The van der Waals surface area contributed by atoms with Crippen molar-refractivity contribution in [2.24, 2.45) is 0 Å². The van der Waals surface area contributed by atoms with Crippen LogP contribution in [0.5, 0.6) is 0 Å². The second-order valence-corrected chi connectivity index (χ2v) is 4.07. The summed E-state index contributed by atoms with van der Waals surface area (Å²) in [7, 11) is 0. The first-order chi connectivity index (χ1) is 8.27. The van der Waals surface area contributed by atoms with Crippen molar-refractivity contribution in [2.75, 3.05) is 0 Å². The minimum Gasteiger partial charge on any atom is -0.211 e. The predicted octanol–water partition coefficient (Wildman–Crippen LogP) is 2.75. The van der Waals surface area contributed by atoms with Crippen molar-refractivity contribution in [1.82, 2.24) is 19.6 Å². The molecule has 0 saturated carbocycles. The Bertz CT molecular complexity index is 676. The van der Waals surface area contributed by atoms with E-state index in [2.05, 4.69) is 15.1 Å². The van der Waals surface area contributed by atoms with E-state index in [0.29, 0.717) is 10.9 Å². The second-order valence-electron chi connectivity index (χ2n) is 3.71. The van der Waals surface area contributed by atoms with Crippen molar-refractivity contribution in [3.8, 4) is 11.3 Å². The van der Waals surface area contributed by atoms with Crippen LogP contribution in [0, 0.1) is 6.92 Å². The van der Waals surface area contributed by atoms with E-state index >= 15 is 0 Å². The summed E-state index contributed by atoms with van der Waals surface area (Å²) < 4.78 is 1.53. The Morgan fingerprint density at radius 1 is 1.18 bits per heavy atom. The zero-order valence-electron chi connectivity index (χ0n) is 9.13. The van der Waals surface area contributed by atoms with Crippen LogP contribution < -0.4 is 0 Å². The van der Waals surface area contributed by atoms with Crippen molar-refractivity contribution >= 4 is 17.4 Å². The van der Waals surface area contributed by atoms with Gasteiger partial charge in [-0.2, -0.15) is 14.6 Å². The van der Waals surface area contributed by atoms with Crippen LogP contribution in [0.25, 0.3) is 17.0 Å². The van der Waals surface area contributed by atoms with Gasteiger partial charge in [-0.3, -0.25) is 0 Å². The van der Waals surface area contributed by atoms with Crippen molar-refractivity contribution in [3.05, 3.63) is 47.4 Å². The fraction of sp³-hybridized carbons (Fsp3) is 0.0833. The summed E-state index contributed by atoms with van der Waals surface area (Å²) in [5.74, 6) is 0.513. The maximum atomic E-state index is 6.24.